The Balaban J connectivity index is 1.97. The number of rotatable bonds is 5. The van der Waals surface area contributed by atoms with Crippen molar-refractivity contribution in [2.24, 2.45) is 5.73 Å². The molecule has 0 heterocycles. The Labute approximate surface area is 150 Å². The van der Waals surface area contributed by atoms with Gasteiger partial charge in [-0.05, 0) is 40.6 Å². The monoisotopic (exact) mass is 350 g/mol. The number of fused-ring (bicyclic) bond motifs is 1. The molecule has 0 radical (unpaired) electrons. The van der Waals surface area contributed by atoms with E-state index < -0.39 is 12.0 Å². The van der Waals surface area contributed by atoms with Gasteiger partial charge >= 0.3 is 12.0 Å². The molecule has 0 aliphatic rings. The number of carbonyl (C=O) groups is 2. The van der Waals surface area contributed by atoms with E-state index in [9.17, 15) is 9.59 Å². The highest BCUT2D eigenvalue weighted by atomic mass is 16.5. The number of amides is 2. The minimum absolute atomic E-state index is 0.312. The third-order valence-corrected chi connectivity index (χ3v) is 3.85. The summed E-state index contributed by atoms with van der Waals surface area (Å²) in [6, 6.07) is 17.7. The first kappa shape index (κ1) is 17.3. The molecule has 0 saturated heterocycles. The maximum Gasteiger partial charge on any atom is 0.341 e. The van der Waals surface area contributed by atoms with Gasteiger partial charge in [-0.15, -0.1) is 0 Å². The Hall–Kier alpha value is -3.54. The van der Waals surface area contributed by atoms with Crippen molar-refractivity contribution in [1.82, 2.24) is 0 Å². The fourth-order valence-electron chi connectivity index (χ4n) is 2.62. The number of nitrogens with two attached hydrogens (primary N) is 1. The molecule has 3 aromatic carbocycles. The lowest BCUT2D eigenvalue weighted by Crippen LogP contribution is -2.19. The standard InChI is InChI=1S/C20H18N2O4/c1-25-19(23)17-10-15-9-16(22-20(21)24)8-7-14(15)11-18(17)26-12-13-5-3-2-4-6-13/h2-11H,12H2,1H3,(H3,21,22,24). The Morgan fingerprint density at radius 2 is 1.77 bits per heavy atom. The summed E-state index contributed by atoms with van der Waals surface area (Å²) in [5.41, 5.74) is 6.99. The highest BCUT2D eigenvalue weighted by Gasteiger charge is 2.15. The molecule has 0 aliphatic heterocycles. The van der Waals surface area contributed by atoms with Crippen LogP contribution in [0.5, 0.6) is 5.75 Å². The van der Waals surface area contributed by atoms with E-state index in [2.05, 4.69) is 5.32 Å². The number of ether oxygens (including phenoxy) is 2. The molecule has 132 valence electrons. The van der Waals surface area contributed by atoms with E-state index in [0.717, 1.165) is 16.3 Å². The largest absolute Gasteiger partial charge is 0.488 e. The first-order valence-corrected chi connectivity index (χ1v) is 7.96. The van der Waals surface area contributed by atoms with Gasteiger partial charge in [0.25, 0.3) is 0 Å². The van der Waals surface area contributed by atoms with Crippen LogP contribution in [0.4, 0.5) is 10.5 Å². The SMILES string of the molecule is COC(=O)c1cc2cc(NC(N)=O)ccc2cc1OCc1ccccc1. The zero-order valence-corrected chi connectivity index (χ0v) is 14.2. The molecule has 0 atom stereocenters. The highest BCUT2D eigenvalue weighted by molar-refractivity contribution is 6.00. The molecule has 0 saturated carbocycles. The lowest BCUT2D eigenvalue weighted by atomic mass is 10.0. The van der Waals surface area contributed by atoms with Gasteiger partial charge in [0.15, 0.2) is 0 Å². The molecule has 0 spiro atoms. The van der Waals surface area contributed by atoms with Crippen molar-refractivity contribution in [3.63, 3.8) is 0 Å². The summed E-state index contributed by atoms with van der Waals surface area (Å²) in [4.78, 5) is 23.2. The van der Waals surface area contributed by atoms with E-state index in [1.807, 2.05) is 36.4 Å². The molecule has 3 rings (SSSR count). The number of benzene rings is 3. The number of urea groups is 1. The minimum Gasteiger partial charge on any atom is -0.488 e. The molecular weight excluding hydrogens is 332 g/mol. The van der Waals surface area contributed by atoms with Gasteiger partial charge in [0.05, 0.1) is 7.11 Å². The summed E-state index contributed by atoms with van der Waals surface area (Å²) < 4.78 is 10.7. The average molecular weight is 350 g/mol. The van der Waals surface area contributed by atoms with Crippen LogP contribution in [0.2, 0.25) is 0 Å². The van der Waals surface area contributed by atoms with Crippen LogP contribution in [-0.4, -0.2) is 19.1 Å². The van der Waals surface area contributed by atoms with Crippen LogP contribution in [0.3, 0.4) is 0 Å². The summed E-state index contributed by atoms with van der Waals surface area (Å²) in [5.74, 6) is -0.0629. The Bertz CT molecular complexity index is 955. The average Bonchev–Trinajstić information content (AvgIpc) is 2.65. The van der Waals surface area contributed by atoms with Crippen LogP contribution >= 0.6 is 0 Å². The van der Waals surface area contributed by atoms with Crippen molar-refractivity contribution in [3.05, 3.63) is 71.8 Å². The van der Waals surface area contributed by atoms with Gasteiger partial charge in [0.1, 0.15) is 17.9 Å². The number of anilines is 1. The maximum atomic E-state index is 12.2. The second-order valence-electron chi connectivity index (χ2n) is 5.67. The van der Waals surface area contributed by atoms with Crippen molar-refractivity contribution in [1.29, 1.82) is 0 Å². The van der Waals surface area contributed by atoms with Gasteiger partial charge < -0.3 is 20.5 Å². The van der Waals surface area contributed by atoms with Crippen molar-refractivity contribution >= 4 is 28.5 Å². The quantitative estimate of drug-likeness (QED) is 0.687. The summed E-state index contributed by atoms with van der Waals surface area (Å²) in [7, 11) is 1.32. The highest BCUT2D eigenvalue weighted by Crippen LogP contribution is 2.29. The number of nitrogens with one attached hydrogen (secondary N) is 1. The predicted molar refractivity (Wildman–Crippen MR) is 99.3 cm³/mol. The first-order valence-electron chi connectivity index (χ1n) is 7.96. The molecule has 0 unspecified atom stereocenters. The summed E-state index contributed by atoms with van der Waals surface area (Å²) in [6.07, 6.45) is 0. The van der Waals surface area contributed by atoms with Gasteiger partial charge in [-0.3, -0.25) is 0 Å². The van der Waals surface area contributed by atoms with Crippen LogP contribution in [-0.2, 0) is 11.3 Å². The number of esters is 1. The zero-order valence-electron chi connectivity index (χ0n) is 14.2. The molecule has 6 nitrogen and oxygen atoms in total. The normalized spacial score (nSPS) is 10.3. The first-order chi connectivity index (χ1) is 12.6. The van der Waals surface area contributed by atoms with E-state index in [1.165, 1.54) is 7.11 Å². The van der Waals surface area contributed by atoms with Crippen molar-refractivity contribution in [3.8, 4) is 5.75 Å². The van der Waals surface area contributed by atoms with E-state index in [-0.39, 0.29) is 0 Å². The third-order valence-electron chi connectivity index (χ3n) is 3.85. The van der Waals surface area contributed by atoms with Crippen LogP contribution in [0.1, 0.15) is 15.9 Å². The summed E-state index contributed by atoms with van der Waals surface area (Å²) in [5, 5.41) is 4.12. The Morgan fingerprint density at radius 3 is 2.46 bits per heavy atom. The van der Waals surface area contributed by atoms with Crippen molar-refractivity contribution < 1.29 is 19.1 Å². The van der Waals surface area contributed by atoms with Gasteiger partial charge in [-0.2, -0.15) is 0 Å². The van der Waals surface area contributed by atoms with Crippen LogP contribution in [0, 0.1) is 0 Å². The Kier molecular flexibility index (Phi) is 5.03. The summed E-state index contributed by atoms with van der Waals surface area (Å²) in [6.45, 7) is 0.331. The van der Waals surface area contributed by atoms with Gasteiger partial charge in [0, 0.05) is 5.69 Å². The molecule has 3 N–H and O–H groups in total. The van der Waals surface area contributed by atoms with Crippen molar-refractivity contribution in [2.75, 3.05) is 12.4 Å². The van der Waals surface area contributed by atoms with Crippen LogP contribution in [0.25, 0.3) is 10.8 Å². The molecular formula is C20H18N2O4. The van der Waals surface area contributed by atoms with Crippen LogP contribution in [0.15, 0.2) is 60.7 Å². The van der Waals surface area contributed by atoms with Crippen LogP contribution < -0.4 is 15.8 Å². The van der Waals surface area contributed by atoms with Gasteiger partial charge in [-0.25, -0.2) is 9.59 Å². The zero-order chi connectivity index (χ0) is 18.5. The molecule has 0 bridgehead atoms. The maximum absolute atomic E-state index is 12.2. The summed E-state index contributed by atoms with van der Waals surface area (Å²) >= 11 is 0. The smallest absolute Gasteiger partial charge is 0.341 e. The molecule has 0 aromatic heterocycles. The molecule has 3 aromatic rings. The predicted octanol–water partition coefficient (Wildman–Crippen LogP) is 3.70. The molecule has 26 heavy (non-hydrogen) atoms. The minimum atomic E-state index is -0.652. The second-order valence-corrected chi connectivity index (χ2v) is 5.67. The number of carbonyl (C=O) groups excluding carboxylic acids is 2. The fourth-order valence-corrected chi connectivity index (χ4v) is 2.62. The second kappa shape index (κ2) is 7.57. The van der Waals surface area contributed by atoms with E-state index in [0.29, 0.717) is 23.6 Å². The fraction of sp³-hybridized carbons (Fsp3) is 0.100. The number of hydrogen-bond acceptors (Lipinski definition) is 4. The van der Waals surface area contributed by atoms with E-state index in [4.69, 9.17) is 15.2 Å². The lowest BCUT2D eigenvalue weighted by molar-refractivity contribution is 0.0595. The van der Waals surface area contributed by atoms with E-state index in [1.54, 1.807) is 24.3 Å². The van der Waals surface area contributed by atoms with Gasteiger partial charge in [-0.1, -0.05) is 36.4 Å². The van der Waals surface area contributed by atoms with Gasteiger partial charge in [0.2, 0.25) is 0 Å². The molecule has 2 amide bonds. The van der Waals surface area contributed by atoms with E-state index >= 15 is 0 Å². The molecule has 0 fully saturated rings. The van der Waals surface area contributed by atoms with Crippen molar-refractivity contribution in [2.45, 2.75) is 6.61 Å². The topological polar surface area (TPSA) is 90.6 Å². The number of primary amides is 1. The Morgan fingerprint density at radius 1 is 1.00 bits per heavy atom. The molecule has 0 aliphatic carbocycles. The molecule has 6 heteroatoms. The number of hydrogen-bond donors (Lipinski definition) is 2. The lowest BCUT2D eigenvalue weighted by Gasteiger charge is -2.13. The third kappa shape index (κ3) is 3.92. The number of methoxy groups -OCH3 is 1.